The number of unbranched alkanes of at least 4 members (excludes halogenated alkanes) is 1. The summed E-state index contributed by atoms with van der Waals surface area (Å²) in [5.41, 5.74) is 13.0. The molecule has 11 heteroatoms. The van der Waals surface area contributed by atoms with E-state index in [0.29, 0.717) is 31.4 Å². The molecular formula is C30H43N5O6. The number of aromatic hydroxyl groups is 1. The van der Waals surface area contributed by atoms with E-state index in [2.05, 4.69) is 16.0 Å². The Hall–Kier alpha value is -3.96. The molecule has 5 unspecified atom stereocenters. The Morgan fingerprint density at radius 3 is 1.90 bits per heavy atom. The third-order valence-corrected chi connectivity index (χ3v) is 7.05. The van der Waals surface area contributed by atoms with Gasteiger partial charge in [-0.05, 0) is 55.0 Å². The minimum atomic E-state index is -1.24. The van der Waals surface area contributed by atoms with Gasteiger partial charge in [-0.15, -0.1) is 0 Å². The fourth-order valence-corrected chi connectivity index (χ4v) is 4.21. The summed E-state index contributed by atoms with van der Waals surface area (Å²) in [5, 5.41) is 27.4. The van der Waals surface area contributed by atoms with Gasteiger partial charge in [0.1, 0.15) is 23.9 Å². The molecule has 0 fully saturated rings. The molecule has 0 aliphatic carbocycles. The summed E-state index contributed by atoms with van der Waals surface area (Å²) >= 11 is 0. The highest BCUT2D eigenvalue weighted by Gasteiger charge is 2.31. The van der Waals surface area contributed by atoms with Crippen LogP contribution in [0.3, 0.4) is 0 Å². The number of nitrogens with two attached hydrogens (primary N) is 2. The van der Waals surface area contributed by atoms with Crippen molar-refractivity contribution in [3.8, 4) is 5.75 Å². The summed E-state index contributed by atoms with van der Waals surface area (Å²) in [6.07, 6.45) is 2.22. The lowest BCUT2D eigenvalue weighted by atomic mass is 9.98. The second-order valence-corrected chi connectivity index (χ2v) is 10.3. The molecule has 9 N–H and O–H groups in total. The number of aliphatic carboxylic acids is 1. The number of rotatable bonds is 17. The zero-order valence-electron chi connectivity index (χ0n) is 23.7. The van der Waals surface area contributed by atoms with E-state index in [0.717, 1.165) is 5.56 Å². The first-order valence-corrected chi connectivity index (χ1v) is 14.0. The number of carboxylic acids is 1. The Kier molecular flexibility index (Phi) is 13.8. The summed E-state index contributed by atoms with van der Waals surface area (Å²) in [5.74, 6) is -3.05. The highest BCUT2D eigenvalue weighted by molar-refractivity contribution is 5.94. The first-order valence-electron chi connectivity index (χ1n) is 14.0. The van der Waals surface area contributed by atoms with Crippen molar-refractivity contribution in [2.24, 2.45) is 17.4 Å². The molecule has 0 heterocycles. The van der Waals surface area contributed by atoms with E-state index in [9.17, 15) is 29.4 Å². The second-order valence-electron chi connectivity index (χ2n) is 10.3. The van der Waals surface area contributed by atoms with Crippen LogP contribution in [0.25, 0.3) is 0 Å². The fourth-order valence-electron chi connectivity index (χ4n) is 4.21. The van der Waals surface area contributed by atoms with Crippen LogP contribution in [-0.2, 0) is 32.0 Å². The van der Waals surface area contributed by atoms with Crippen LogP contribution >= 0.6 is 0 Å². The van der Waals surface area contributed by atoms with Gasteiger partial charge in [-0.1, -0.05) is 62.7 Å². The minimum Gasteiger partial charge on any atom is -0.508 e. The van der Waals surface area contributed by atoms with E-state index in [-0.39, 0.29) is 30.9 Å². The van der Waals surface area contributed by atoms with E-state index in [1.165, 1.54) is 12.1 Å². The Balaban J connectivity index is 2.27. The van der Waals surface area contributed by atoms with Gasteiger partial charge in [0.05, 0.1) is 6.04 Å². The number of nitrogens with one attached hydrogen (secondary N) is 3. The van der Waals surface area contributed by atoms with Gasteiger partial charge in [0.2, 0.25) is 17.7 Å². The zero-order chi connectivity index (χ0) is 30.4. The van der Waals surface area contributed by atoms with Crippen molar-refractivity contribution in [2.75, 3.05) is 6.54 Å². The molecule has 0 bridgehead atoms. The Labute approximate surface area is 241 Å². The van der Waals surface area contributed by atoms with Crippen molar-refractivity contribution in [1.82, 2.24) is 16.0 Å². The van der Waals surface area contributed by atoms with Gasteiger partial charge in [0, 0.05) is 12.8 Å². The molecule has 0 radical (unpaired) electrons. The van der Waals surface area contributed by atoms with Crippen molar-refractivity contribution in [3.05, 3.63) is 65.7 Å². The predicted molar refractivity (Wildman–Crippen MR) is 156 cm³/mol. The third kappa shape index (κ3) is 11.2. The lowest BCUT2D eigenvalue weighted by Crippen LogP contribution is -2.58. The molecule has 0 aromatic heterocycles. The third-order valence-electron chi connectivity index (χ3n) is 7.05. The van der Waals surface area contributed by atoms with E-state index < -0.39 is 47.9 Å². The summed E-state index contributed by atoms with van der Waals surface area (Å²) in [4.78, 5) is 51.7. The summed E-state index contributed by atoms with van der Waals surface area (Å²) in [7, 11) is 0. The van der Waals surface area contributed by atoms with E-state index in [4.69, 9.17) is 11.5 Å². The molecule has 5 atom stereocenters. The molecule has 0 saturated carbocycles. The van der Waals surface area contributed by atoms with Crippen molar-refractivity contribution in [1.29, 1.82) is 0 Å². The Morgan fingerprint density at radius 1 is 0.780 bits per heavy atom. The SMILES string of the molecule is CCC(C)C(N)C(=O)NC(CCCCN)C(=O)NC(Cc1ccc(O)cc1)C(=O)NC(Cc1ccccc1)C(=O)O. The van der Waals surface area contributed by atoms with E-state index in [1.54, 1.807) is 42.5 Å². The van der Waals surface area contributed by atoms with Gasteiger partial charge in [0.15, 0.2) is 0 Å². The van der Waals surface area contributed by atoms with Crippen LogP contribution in [-0.4, -0.2) is 64.6 Å². The van der Waals surface area contributed by atoms with Gasteiger partial charge in [-0.25, -0.2) is 4.79 Å². The number of benzene rings is 2. The number of hydrogen-bond acceptors (Lipinski definition) is 7. The number of carbonyl (C=O) groups excluding carboxylic acids is 3. The van der Waals surface area contributed by atoms with Crippen LogP contribution in [0.2, 0.25) is 0 Å². The maximum absolute atomic E-state index is 13.5. The standard InChI is InChI=1S/C30H43N5O6/c1-3-19(2)26(32)29(39)33-23(11-7-8-16-31)27(37)34-24(17-21-12-14-22(36)15-13-21)28(38)35-25(30(40)41)18-20-9-5-4-6-10-20/h4-6,9-10,12-15,19,23-26,36H,3,7-8,11,16-18,31-32H2,1-2H3,(H,33,39)(H,34,37)(H,35,38)(H,40,41). The van der Waals surface area contributed by atoms with Crippen molar-refractivity contribution in [3.63, 3.8) is 0 Å². The highest BCUT2D eigenvalue weighted by atomic mass is 16.4. The largest absolute Gasteiger partial charge is 0.508 e. The second kappa shape index (κ2) is 17.0. The number of phenols is 1. The average Bonchev–Trinajstić information content (AvgIpc) is 2.96. The van der Waals surface area contributed by atoms with Crippen molar-refractivity contribution in [2.45, 2.75) is 76.5 Å². The molecule has 224 valence electrons. The van der Waals surface area contributed by atoms with Gasteiger partial charge in [-0.3, -0.25) is 14.4 Å². The molecule has 0 spiro atoms. The summed E-state index contributed by atoms with van der Waals surface area (Å²) < 4.78 is 0. The fraction of sp³-hybridized carbons (Fsp3) is 0.467. The lowest BCUT2D eigenvalue weighted by molar-refractivity contribution is -0.142. The first-order chi connectivity index (χ1) is 19.5. The van der Waals surface area contributed by atoms with Gasteiger partial charge in [0.25, 0.3) is 0 Å². The summed E-state index contributed by atoms with van der Waals surface area (Å²) in [6, 6.07) is 10.8. The quantitative estimate of drug-likeness (QED) is 0.138. The number of carboxylic acid groups (broad SMARTS) is 1. The topological polar surface area (TPSA) is 197 Å². The molecule has 41 heavy (non-hydrogen) atoms. The van der Waals surface area contributed by atoms with Crippen LogP contribution in [0.4, 0.5) is 0 Å². The number of hydrogen-bond donors (Lipinski definition) is 7. The Morgan fingerprint density at radius 2 is 1.32 bits per heavy atom. The average molecular weight is 570 g/mol. The zero-order valence-corrected chi connectivity index (χ0v) is 23.7. The molecule has 2 rings (SSSR count). The normalized spacial score (nSPS) is 14.6. The predicted octanol–water partition coefficient (Wildman–Crippen LogP) is 1.22. The number of carbonyl (C=O) groups is 4. The summed E-state index contributed by atoms with van der Waals surface area (Å²) in [6.45, 7) is 4.18. The van der Waals surface area contributed by atoms with E-state index in [1.807, 2.05) is 13.8 Å². The molecule has 3 amide bonds. The maximum Gasteiger partial charge on any atom is 0.326 e. The first kappa shape index (κ1) is 33.2. The van der Waals surface area contributed by atoms with Gasteiger partial charge in [-0.2, -0.15) is 0 Å². The monoisotopic (exact) mass is 569 g/mol. The van der Waals surface area contributed by atoms with Crippen LogP contribution in [0.5, 0.6) is 5.75 Å². The molecular weight excluding hydrogens is 526 g/mol. The van der Waals surface area contributed by atoms with Crippen LogP contribution in [0, 0.1) is 5.92 Å². The number of amides is 3. The maximum atomic E-state index is 13.5. The highest BCUT2D eigenvalue weighted by Crippen LogP contribution is 2.13. The van der Waals surface area contributed by atoms with Crippen molar-refractivity contribution >= 4 is 23.7 Å². The van der Waals surface area contributed by atoms with Gasteiger partial charge < -0.3 is 37.6 Å². The van der Waals surface area contributed by atoms with Crippen LogP contribution in [0.15, 0.2) is 54.6 Å². The van der Waals surface area contributed by atoms with Crippen LogP contribution in [0.1, 0.15) is 50.7 Å². The molecule has 2 aromatic carbocycles. The van der Waals surface area contributed by atoms with E-state index >= 15 is 0 Å². The minimum absolute atomic E-state index is 0.0192. The molecule has 0 aliphatic rings. The molecule has 2 aromatic rings. The Bertz CT molecular complexity index is 1130. The van der Waals surface area contributed by atoms with Crippen molar-refractivity contribution < 1.29 is 29.4 Å². The molecule has 0 aliphatic heterocycles. The smallest absolute Gasteiger partial charge is 0.326 e. The van der Waals surface area contributed by atoms with Gasteiger partial charge >= 0.3 is 5.97 Å². The number of phenolic OH excluding ortho intramolecular Hbond substituents is 1. The molecule has 0 saturated heterocycles. The van der Waals surface area contributed by atoms with Crippen LogP contribution < -0.4 is 27.4 Å². The lowest BCUT2D eigenvalue weighted by Gasteiger charge is -2.26. The molecule has 11 nitrogen and oxygen atoms in total.